The quantitative estimate of drug-likeness (QED) is 0.841. The molecule has 0 bridgehead atoms. The average Bonchev–Trinajstić information content (AvgIpc) is 2.19. The first-order chi connectivity index (χ1) is 6.69. The van der Waals surface area contributed by atoms with Gasteiger partial charge in [-0.1, -0.05) is 11.6 Å². The highest BCUT2D eigenvalue weighted by Crippen LogP contribution is 2.28. The van der Waals surface area contributed by atoms with Crippen LogP contribution in [-0.4, -0.2) is 13.7 Å². The Bertz CT molecular complexity index is 317. The predicted octanol–water partition coefficient (Wildman–Crippen LogP) is 2.38. The largest absolute Gasteiger partial charge is 0.495 e. The van der Waals surface area contributed by atoms with Gasteiger partial charge in [0.2, 0.25) is 0 Å². The molecular weight excluding hydrogens is 205 g/mol. The molecule has 0 saturated carbocycles. The molecule has 2 nitrogen and oxygen atoms in total. The second kappa shape index (κ2) is 5.17. The third-order valence-electron chi connectivity index (χ3n) is 1.94. The van der Waals surface area contributed by atoms with Crippen LogP contribution in [0.25, 0.3) is 0 Å². The third-order valence-corrected chi connectivity index (χ3v) is 2.31. The second-order valence-electron chi connectivity index (χ2n) is 2.99. The molecule has 0 aliphatic heterocycles. The summed E-state index contributed by atoms with van der Waals surface area (Å²) in [5.74, 6) is -0.0725. The van der Waals surface area contributed by atoms with Crippen molar-refractivity contribution in [2.45, 2.75) is 12.8 Å². The Morgan fingerprint density at radius 1 is 1.50 bits per heavy atom. The molecule has 0 unspecified atom stereocenters. The Morgan fingerprint density at radius 3 is 2.79 bits per heavy atom. The Labute approximate surface area is 87.8 Å². The maximum absolute atomic E-state index is 13.2. The standard InChI is InChI=1S/C10H13ClFNO/c1-14-9-6-7(3-2-4-13)5-8(12)10(9)11/h5-6H,2-4,13H2,1H3. The van der Waals surface area contributed by atoms with Crippen LogP contribution in [0.1, 0.15) is 12.0 Å². The Kier molecular flexibility index (Phi) is 4.17. The number of rotatable bonds is 4. The lowest BCUT2D eigenvalue weighted by molar-refractivity contribution is 0.411. The van der Waals surface area contributed by atoms with Gasteiger partial charge in [0, 0.05) is 0 Å². The molecule has 0 saturated heterocycles. The summed E-state index contributed by atoms with van der Waals surface area (Å²) in [4.78, 5) is 0. The summed E-state index contributed by atoms with van der Waals surface area (Å²) in [6, 6.07) is 3.15. The summed E-state index contributed by atoms with van der Waals surface area (Å²) in [6.07, 6.45) is 1.56. The van der Waals surface area contributed by atoms with E-state index >= 15 is 0 Å². The molecule has 14 heavy (non-hydrogen) atoms. The van der Waals surface area contributed by atoms with Crippen LogP contribution in [0.15, 0.2) is 12.1 Å². The first kappa shape index (κ1) is 11.3. The van der Waals surface area contributed by atoms with E-state index in [0.29, 0.717) is 12.3 Å². The maximum atomic E-state index is 13.2. The van der Waals surface area contributed by atoms with Crippen molar-refractivity contribution in [2.24, 2.45) is 5.73 Å². The summed E-state index contributed by atoms with van der Waals surface area (Å²) in [6.45, 7) is 0.590. The smallest absolute Gasteiger partial charge is 0.145 e. The second-order valence-corrected chi connectivity index (χ2v) is 3.36. The van der Waals surface area contributed by atoms with E-state index in [1.165, 1.54) is 13.2 Å². The number of benzene rings is 1. The van der Waals surface area contributed by atoms with Crippen molar-refractivity contribution in [1.29, 1.82) is 0 Å². The van der Waals surface area contributed by atoms with Gasteiger partial charge >= 0.3 is 0 Å². The highest BCUT2D eigenvalue weighted by atomic mass is 35.5. The number of nitrogens with two attached hydrogens (primary N) is 1. The van der Waals surface area contributed by atoms with Crippen LogP contribution >= 0.6 is 11.6 Å². The van der Waals surface area contributed by atoms with Gasteiger partial charge in [-0.3, -0.25) is 0 Å². The van der Waals surface area contributed by atoms with Gasteiger partial charge in [0.05, 0.1) is 7.11 Å². The van der Waals surface area contributed by atoms with Gasteiger partial charge in [-0.05, 0) is 37.1 Å². The van der Waals surface area contributed by atoms with Crippen molar-refractivity contribution in [2.75, 3.05) is 13.7 Å². The molecule has 0 heterocycles. The van der Waals surface area contributed by atoms with E-state index in [1.807, 2.05) is 0 Å². The molecule has 0 radical (unpaired) electrons. The van der Waals surface area contributed by atoms with Crippen LogP contribution in [0.4, 0.5) is 4.39 Å². The summed E-state index contributed by atoms with van der Waals surface area (Å²) in [7, 11) is 1.47. The van der Waals surface area contributed by atoms with Gasteiger partial charge < -0.3 is 10.5 Å². The summed E-state index contributed by atoms with van der Waals surface area (Å²) in [5.41, 5.74) is 6.22. The average molecular weight is 218 g/mol. The minimum atomic E-state index is -0.446. The molecular formula is C10H13ClFNO. The summed E-state index contributed by atoms with van der Waals surface area (Å²) >= 11 is 5.67. The van der Waals surface area contributed by atoms with Crippen molar-refractivity contribution in [3.63, 3.8) is 0 Å². The highest BCUT2D eigenvalue weighted by Gasteiger charge is 2.08. The van der Waals surface area contributed by atoms with Gasteiger partial charge in [0.25, 0.3) is 0 Å². The first-order valence-electron chi connectivity index (χ1n) is 4.41. The van der Waals surface area contributed by atoms with Gasteiger partial charge in [0.15, 0.2) is 0 Å². The third kappa shape index (κ3) is 2.59. The molecule has 1 aromatic carbocycles. The molecule has 78 valence electrons. The van der Waals surface area contributed by atoms with Crippen LogP contribution < -0.4 is 10.5 Å². The highest BCUT2D eigenvalue weighted by molar-refractivity contribution is 6.32. The van der Waals surface area contributed by atoms with Crippen LogP contribution in [0.5, 0.6) is 5.75 Å². The van der Waals surface area contributed by atoms with Crippen molar-refractivity contribution < 1.29 is 9.13 Å². The van der Waals surface area contributed by atoms with Gasteiger partial charge in [-0.25, -0.2) is 4.39 Å². The molecule has 2 N–H and O–H groups in total. The van der Waals surface area contributed by atoms with Crippen molar-refractivity contribution in [3.05, 3.63) is 28.5 Å². The Morgan fingerprint density at radius 2 is 2.21 bits per heavy atom. The SMILES string of the molecule is COc1cc(CCCN)cc(F)c1Cl. The van der Waals surface area contributed by atoms with E-state index < -0.39 is 5.82 Å². The number of ether oxygens (including phenoxy) is 1. The zero-order valence-electron chi connectivity index (χ0n) is 8.02. The van der Waals surface area contributed by atoms with Gasteiger partial charge in [-0.15, -0.1) is 0 Å². The van der Waals surface area contributed by atoms with Crippen molar-refractivity contribution in [3.8, 4) is 5.75 Å². The van der Waals surface area contributed by atoms with E-state index in [-0.39, 0.29) is 5.02 Å². The molecule has 1 aromatic rings. The van der Waals surface area contributed by atoms with Gasteiger partial charge in [0.1, 0.15) is 16.6 Å². The fraction of sp³-hybridized carbons (Fsp3) is 0.400. The summed E-state index contributed by atoms with van der Waals surface area (Å²) < 4.78 is 18.2. The topological polar surface area (TPSA) is 35.2 Å². The van der Waals surface area contributed by atoms with Crippen LogP contribution in [0.2, 0.25) is 5.02 Å². The molecule has 0 aromatic heterocycles. The lowest BCUT2D eigenvalue weighted by atomic mass is 10.1. The van der Waals surface area contributed by atoms with Crippen molar-refractivity contribution in [1.82, 2.24) is 0 Å². The fourth-order valence-corrected chi connectivity index (χ4v) is 1.40. The predicted molar refractivity (Wildman–Crippen MR) is 55.3 cm³/mol. The first-order valence-corrected chi connectivity index (χ1v) is 4.78. The number of hydrogen-bond donors (Lipinski definition) is 1. The van der Waals surface area contributed by atoms with E-state index in [0.717, 1.165) is 18.4 Å². The van der Waals surface area contributed by atoms with E-state index in [1.54, 1.807) is 6.07 Å². The molecule has 0 amide bonds. The molecule has 0 spiro atoms. The zero-order chi connectivity index (χ0) is 10.6. The number of methoxy groups -OCH3 is 1. The number of halogens is 2. The maximum Gasteiger partial charge on any atom is 0.145 e. The normalized spacial score (nSPS) is 10.3. The summed E-state index contributed by atoms with van der Waals surface area (Å²) in [5, 5.41) is 0.0315. The molecule has 0 atom stereocenters. The van der Waals surface area contributed by atoms with Crippen LogP contribution in [-0.2, 0) is 6.42 Å². The van der Waals surface area contributed by atoms with Crippen LogP contribution in [0.3, 0.4) is 0 Å². The van der Waals surface area contributed by atoms with E-state index in [4.69, 9.17) is 22.1 Å². The zero-order valence-corrected chi connectivity index (χ0v) is 8.77. The van der Waals surface area contributed by atoms with Crippen molar-refractivity contribution >= 4 is 11.6 Å². The van der Waals surface area contributed by atoms with Gasteiger partial charge in [-0.2, -0.15) is 0 Å². The van der Waals surface area contributed by atoms with Crippen LogP contribution in [0, 0.1) is 5.82 Å². The lowest BCUT2D eigenvalue weighted by Gasteiger charge is -2.07. The Hall–Kier alpha value is -0.800. The molecule has 0 fully saturated rings. The minimum absolute atomic E-state index is 0.0315. The number of aryl methyl sites for hydroxylation is 1. The molecule has 1 rings (SSSR count). The minimum Gasteiger partial charge on any atom is -0.495 e. The fourth-order valence-electron chi connectivity index (χ4n) is 1.22. The molecule has 0 aliphatic rings. The lowest BCUT2D eigenvalue weighted by Crippen LogP contribution is -2.01. The monoisotopic (exact) mass is 217 g/mol. The number of hydrogen-bond acceptors (Lipinski definition) is 2. The Balaban J connectivity index is 2.91. The molecule has 4 heteroatoms. The molecule has 0 aliphatic carbocycles. The van der Waals surface area contributed by atoms with E-state index in [2.05, 4.69) is 0 Å². The van der Waals surface area contributed by atoms with E-state index in [9.17, 15) is 4.39 Å².